The molecule has 0 heterocycles. The molecule has 2 rings (SSSR count). The first-order valence-electron chi connectivity index (χ1n) is 3.66. The quantitative estimate of drug-likeness (QED) is 0.556. The molecule has 0 spiro atoms. The highest BCUT2D eigenvalue weighted by Gasteiger charge is 2.46. The van der Waals surface area contributed by atoms with Gasteiger partial charge in [0.05, 0.1) is 5.41 Å². The second kappa shape index (κ2) is 1.62. The van der Waals surface area contributed by atoms with Gasteiger partial charge in [0, 0.05) is 0 Å². The average Bonchev–Trinajstić information content (AvgIpc) is 2.45. The number of carboxylic acids is 1. The predicted octanol–water partition coefficient (Wildman–Crippen LogP) is 1.43. The lowest BCUT2D eigenvalue weighted by Gasteiger charge is -2.15. The third-order valence-electron chi connectivity index (χ3n) is 2.70. The van der Waals surface area contributed by atoms with Crippen LogP contribution in [0.4, 0.5) is 0 Å². The van der Waals surface area contributed by atoms with Crippen molar-refractivity contribution >= 4 is 5.97 Å². The number of carboxylic acid groups (broad SMARTS) is 1. The van der Waals surface area contributed by atoms with Crippen molar-refractivity contribution < 1.29 is 9.90 Å². The van der Waals surface area contributed by atoms with E-state index in [0.29, 0.717) is 5.92 Å². The summed E-state index contributed by atoms with van der Waals surface area (Å²) in [5.74, 6) is -0.0696. The molecule has 1 N–H and O–H groups in total. The molecular formula is C8H10O2. The number of aliphatic carboxylic acids is 1. The van der Waals surface area contributed by atoms with Gasteiger partial charge in [-0.2, -0.15) is 0 Å². The minimum absolute atomic E-state index is 0.454. The molecule has 0 aromatic rings. The molecule has 2 bridgehead atoms. The first-order valence-corrected chi connectivity index (χ1v) is 3.66. The Kier molecular flexibility index (Phi) is 0.967. The highest BCUT2D eigenvalue weighted by atomic mass is 16.4. The highest BCUT2D eigenvalue weighted by molar-refractivity contribution is 5.78. The van der Waals surface area contributed by atoms with Crippen molar-refractivity contribution in [1.29, 1.82) is 0 Å². The average molecular weight is 138 g/mol. The molecule has 10 heavy (non-hydrogen) atoms. The van der Waals surface area contributed by atoms with Crippen LogP contribution in [0.3, 0.4) is 0 Å². The predicted molar refractivity (Wildman–Crippen MR) is 36.5 cm³/mol. The fourth-order valence-electron chi connectivity index (χ4n) is 2.02. The normalized spacial score (nSPS) is 42.6. The molecule has 0 radical (unpaired) electrons. The van der Waals surface area contributed by atoms with Crippen molar-refractivity contribution in [3.63, 3.8) is 0 Å². The van der Waals surface area contributed by atoms with Gasteiger partial charge >= 0.3 is 5.97 Å². The minimum atomic E-state index is -0.635. The Morgan fingerprint density at radius 3 is 2.70 bits per heavy atom. The number of hydrogen-bond acceptors (Lipinski definition) is 1. The lowest BCUT2D eigenvalue weighted by Crippen LogP contribution is -2.23. The van der Waals surface area contributed by atoms with Crippen LogP contribution in [-0.4, -0.2) is 11.1 Å². The first-order chi connectivity index (χ1) is 4.73. The van der Waals surface area contributed by atoms with E-state index < -0.39 is 11.4 Å². The molecule has 0 unspecified atom stereocenters. The maximum atomic E-state index is 10.7. The molecule has 1 saturated carbocycles. The molecule has 0 aromatic heterocycles. The van der Waals surface area contributed by atoms with Crippen molar-refractivity contribution in [3.8, 4) is 0 Å². The standard InChI is InChI=1S/C8H10O2/c9-7(10)8-3-1-6(5-8)2-4-8/h1,3,6H,2,4-5H2,(H,9,10)/t6-,8-/m1/s1. The molecule has 0 aromatic carbocycles. The van der Waals surface area contributed by atoms with Crippen LogP contribution in [0.25, 0.3) is 0 Å². The summed E-state index contributed by atoms with van der Waals surface area (Å²) in [7, 11) is 0. The topological polar surface area (TPSA) is 37.3 Å². The Bertz CT molecular complexity index is 207. The van der Waals surface area contributed by atoms with E-state index in [1.807, 2.05) is 6.08 Å². The molecule has 2 nitrogen and oxygen atoms in total. The molecule has 54 valence electrons. The number of allylic oxidation sites excluding steroid dienone is 1. The fourth-order valence-corrected chi connectivity index (χ4v) is 2.02. The van der Waals surface area contributed by atoms with Gasteiger partial charge in [-0.15, -0.1) is 0 Å². The summed E-state index contributed by atoms with van der Waals surface area (Å²) in [6, 6.07) is 0. The number of carbonyl (C=O) groups is 1. The van der Waals surface area contributed by atoms with E-state index in [-0.39, 0.29) is 0 Å². The van der Waals surface area contributed by atoms with Crippen molar-refractivity contribution in [3.05, 3.63) is 12.2 Å². The summed E-state index contributed by atoms with van der Waals surface area (Å²) in [6.07, 6.45) is 6.70. The van der Waals surface area contributed by atoms with Gasteiger partial charge in [0.1, 0.15) is 0 Å². The van der Waals surface area contributed by atoms with Gasteiger partial charge in [-0.3, -0.25) is 4.79 Å². The zero-order valence-corrected chi connectivity index (χ0v) is 5.71. The SMILES string of the molecule is O=C(O)[C@]12C=C[C@H](CC1)C2. The first kappa shape index (κ1) is 5.96. The van der Waals surface area contributed by atoms with Gasteiger partial charge in [0.15, 0.2) is 0 Å². The van der Waals surface area contributed by atoms with Gasteiger partial charge in [0.25, 0.3) is 0 Å². The number of fused-ring (bicyclic) bond motifs is 2. The van der Waals surface area contributed by atoms with Crippen LogP contribution >= 0.6 is 0 Å². The summed E-state index contributed by atoms with van der Waals surface area (Å²) in [5.41, 5.74) is -0.454. The van der Waals surface area contributed by atoms with E-state index in [1.165, 1.54) is 0 Å². The van der Waals surface area contributed by atoms with Crippen LogP contribution in [0, 0.1) is 11.3 Å². The fraction of sp³-hybridized carbons (Fsp3) is 0.625. The van der Waals surface area contributed by atoms with Gasteiger partial charge in [-0.1, -0.05) is 12.2 Å². The molecule has 0 aliphatic heterocycles. The van der Waals surface area contributed by atoms with Crippen LogP contribution < -0.4 is 0 Å². The van der Waals surface area contributed by atoms with Crippen molar-refractivity contribution in [2.75, 3.05) is 0 Å². The van der Waals surface area contributed by atoms with Gasteiger partial charge in [0.2, 0.25) is 0 Å². The third kappa shape index (κ3) is 0.564. The molecular weight excluding hydrogens is 128 g/mol. The van der Waals surface area contributed by atoms with E-state index in [9.17, 15) is 4.79 Å². The summed E-state index contributed by atoms with van der Waals surface area (Å²) in [5, 5.41) is 8.84. The largest absolute Gasteiger partial charge is 0.481 e. The van der Waals surface area contributed by atoms with Crippen LogP contribution in [-0.2, 0) is 4.79 Å². The molecule has 2 aliphatic carbocycles. The highest BCUT2D eigenvalue weighted by Crippen LogP contribution is 2.49. The summed E-state index contributed by atoms with van der Waals surface area (Å²) >= 11 is 0. The smallest absolute Gasteiger partial charge is 0.313 e. The van der Waals surface area contributed by atoms with Gasteiger partial charge in [-0.25, -0.2) is 0 Å². The summed E-state index contributed by atoms with van der Waals surface area (Å²) < 4.78 is 0. The molecule has 0 amide bonds. The zero-order valence-electron chi connectivity index (χ0n) is 5.71. The van der Waals surface area contributed by atoms with E-state index >= 15 is 0 Å². The third-order valence-corrected chi connectivity index (χ3v) is 2.70. The second-order valence-electron chi connectivity index (χ2n) is 3.32. The van der Waals surface area contributed by atoms with E-state index in [1.54, 1.807) is 0 Å². The summed E-state index contributed by atoms with van der Waals surface area (Å²) in [4.78, 5) is 10.7. The minimum Gasteiger partial charge on any atom is -0.481 e. The number of hydrogen-bond donors (Lipinski definition) is 1. The van der Waals surface area contributed by atoms with Crippen LogP contribution in [0.1, 0.15) is 19.3 Å². The van der Waals surface area contributed by atoms with E-state index in [0.717, 1.165) is 19.3 Å². The van der Waals surface area contributed by atoms with E-state index in [2.05, 4.69) is 6.08 Å². The van der Waals surface area contributed by atoms with Crippen molar-refractivity contribution in [2.45, 2.75) is 19.3 Å². The Hall–Kier alpha value is -0.790. The Morgan fingerprint density at radius 1 is 1.70 bits per heavy atom. The molecule has 2 atom stereocenters. The van der Waals surface area contributed by atoms with Crippen molar-refractivity contribution in [1.82, 2.24) is 0 Å². The molecule has 1 fully saturated rings. The van der Waals surface area contributed by atoms with Crippen LogP contribution in [0.15, 0.2) is 12.2 Å². The van der Waals surface area contributed by atoms with Crippen LogP contribution in [0.2, 0.25) is 0 Å². The Labute approximate surface area is 59.5 Å². The van der Waals surface area contributed by atoms with E-state index in [4.69, 9.17) is 5.11 Å². The maximum absolute atomic E-state index is 10.7. The molecule has 2 heteroatoms. The van der Waals surface area contributed by atoms with Gasteiger partial charge < -0.3 is 5.11 Å². The summed E-state index contributed by atoms with van der Waals surface area (Å²) in [6.45, 7) is 0. The Balaban J connectivity index is 2.32. The number of rotatable bonds is 1. The Morgan fingerprint density at radius 2 is 2.50 bits per heavy atom. The van der Waals surface area contributed by atoms with Gasteiger partial charge in [-0.05, 0) is 25.2 Å². The molecule has 0 saturated heterocycles. The monoisotopic (exact) mass is 138 g/mol. The lowest BCUT2D eigenvalue weighted by molar-refractivity contribution is -0.145. The second-order valence-corrected chi connectivity index (χ2v) is 3.32. The lowest BCUT2D eigenvalue weighted by atomic mass is 9.88. The zero-order chi connectivity index (χ0) is 7.19. The maximum Gasteiger partial charge on any atom is 0.313 e. The van der Waals surface area contributed by atoms with Crippen LogP contribution in [0.5, 0.6) is 0 Å². The molecule has 2 aliphatic rings. The van der Waals surface area contributed by atoms with Crippen molar-refractivity contribution in [2.24, 2.45) is 11.3 Å².